The van der Waals surface area contributed by atoms with Crippen LogP contribution in [0.4, 0.5) is 18.9 Å². The number of piperidine rings is 1. The molecule has 7 heteroatoms. The van der Waals surface area contributed by atoms with Crippen LogP contribution in [0.2, 0.25) is 0 Å². The van der Waals surface area contributed by atoms with Crippen LogP contribution < -0.4 is 5.32 Å². The van der Waals surface area contributed by atoms with Crippen molar-refractivity contribution >= 4 is 17.5 Å². The third-order valence-electron chi connectivity index (χ3n) is 5.15. The number of rotatable bonds is 3. The van der Waals surface area contributed by atoms with Gasteiger partial charge in [0, 0.05) is 13.1 Å². The first-order valence-electron chi connectivity index (χ1n) is 8.51. The molecule has 0 aromatic heterocycles. The van der Waals surface area contributed by atoms with Crippen molar-refractivity contribution in [3.05, 3.63) is 29.8 Å². The molecule has 25 heavy (non-hydrogen) atoms. The summed E-state index contributed by atoms with van der Waals surface area (Å²) in [5.41, 5.74) is -2.40. The first-order chi connectivity index (χ1) is 11.7. The van der Waals surface area contributed by atoms with Gasteiger partial charge in [-0.15, -0.1) is 0 Å². The number of carbonyl (C=O) groups is 2. The number of alkyl halides is 3. The molecule has 0 spiro atoms. The molecule has 2 amide bonds. The predicted molar refractivity (Wildman–Crippen MR) is 86.7 cm³/mol. The number of likely N-dealkylation sites (tertiary alicyclic amines) is 1. The Morgan fingerprint density at radius 1 is 1.16 bits per heavy atom. The molecular weight excluding hydrogens is 333 g/mol. The number of nitrogens with zero attached hydrogens (tertiary/aromatic N) is 1. The molecule has 136 valence electrons. The summed E-state index contributed by atoms with van der Waals surface area (Å²) in [6.07, 6.45) is -2.01. The zero-order valence-electron chi connectivity index (χ0n) is 14.0. The van der Waals surface area contributed by atoms with E-state index in [4.69, 9.17) is 0 Å². The lowest BCUT2D eigenvalue weighted by Crippen LogP contribution is -2.46. The lowest BCUT2D eigenvalue weighted by atomic mass is 9.96. The Morgan fingerprint density at radius 3 is 2.32 bits per heavy atom. The maximum absolute atomic E-state index is 13.1. The van der Waals surface area contributed by atoms with Gasteiger partial charge >= 0.3 is 6.18 Å². The number of halogens is 3. The van der Waals surface area contributed by atoms with Crippen LogP contribution in [0.5, 0.6) is 0 Å². The highest BCUT2D eigenvalue weighted by Crippen LogP contribution is 2.49. The van der Waals surface area contributed by atoms with Gasteiger partial charge in [-0.3, -0.25) is 9.59 Å². The van der Waals surface area contributed by atoms with Gasteiger partial charge in [0.15, 0.2) is 0 Å². The molecule has 0 atom stereocenters. The van der Waals surface area contributed by atoms with Crippen molar-refractivity contribution in [2.45, 2.75) is 38.8 Å². The van der Waals surface area contributed by atoms with Gasteiger partial charge in [-0.05, 0) is 43.7 Å². The molecule has 0 unspecified atom stereocenters. The minimum atomic E-state index is -4.56. The number of hydrogen-bond donors (Lipinski definition) is 1. The Hall–Kier alpha value is -2.05. The average Bonchev–Trinajstić information content (AvgIpc) is 3.36. The molecule has 1 aliphatic carbocycles. The van der Waals surface area contributed by atoms with E-state index in [-0.39, 0.29) is 11.6 Å². The van der Waals surface area contributed by atoms with E-state index in [1.54, 1.807) is 4.90 Å². The van der Waals surface area contributed by atoms with Crippen molar-refractivity contribution in [2.75, 3.05) is 18.4 Å². The number of benzene rings is 1. The molecule has 1 aromatic rings. The summed E-state index contributed by atoms with van der Waals surface area (Å²) < 4.78 is 39.2. The molecule has 1 saturated carbocycles. The number of hydrogen-bond acceptors (Lipinski definition) is 2. The van der Waals surface area contributed by atoms with Crippen LogP contribution in [0.3, 0.4) is 0 Å². The van der Waals surface area contributed by atoms with E-state index in [1.165, 1.54) is 18.2 Å². The molecule has 0 bridgehead atoms. The molecule has 1 aliphatic heterocycles. The second-order valence-electron chi connectivity index (χ2n) is 7.05. The molecule has 2 fully saturated rings. The molecule has 0 radical (unpaired) electrons. The summed E-state index contributed by atoms with van der Waals surface area (Å²) in [7, 11) is 0. The summed E-state index contributed by atoms with van der Waals surface area (Å²) in [5, 5.41) is 2.34. The molecule has 1 heterocycles. The normalized spacial score (nSPS) is 20.2. The Kier molecular flexibility index (Phi) is 4.51. The fourth-order valence-electron chi connectivity index (χ4n) is 3.26. The second kappa shape index (κ2) is 6.35. The summed E-state index contributed by atoms with van der Waals surface area (Å²) in [6, 6.07) is 4.83. The highest BCUT2D eigenvalue weighted by Gasteiger charge is 2.58. The zero-order valence-corrected chi connectivity index (χ0v) is 14.0. The topological polar surface area (TPSA) is 49.4 Å². The Labute approximate surface area is 144 Å². The van der Waals surface area contributed by atoms with Gasteiger partial charge in [0.1, 0.15) is 5.41 Å². The van der Waals surface area contributed by atoms with E-state index in [2.05, 4.69) is 12.2 Å². The van der Waals surface area contributed by atoms with Gasteiger partial charge in [-0.2, -0.15) is 13.2 Å². The molecule has 3 rings (SSSR count). The van der Waals surface area contributed by atoms with Gasteiger partial charge in [-0.1, -0.05) is 19.1 Å². The third kappa shape index (κ3) is 3.50. The van der Waals surface area contributed by atoms with Crippen molar-refractivity contribution in [2.24, 2.45) is 11.3 Å². The summed E-state index contributed by atoms with van der Waals surface area (Å²) in [5.74, 6) is -0.332. The molecule has 1 N–H and O–H groups in total. The zero-order chi connectivity index (χ0) is 18.2. The van der Waals surface area contributed by atoms with Crippen LogP contribution in [-0.2, 0) is 15.8 Å². The van der Waals surface area contributed by atoms with Gasteiger partial charge in [0.05, 0.1) is 11.3 Å². The minimum Gasteiger partial charge on any atom is -0.342 e. The van der Waals surface area contributed by atoms with Crippen LogP contribution in [0.25, 0.3) is 0 Å². The van der Waals surface area contributed by atoms with Crippen molar-refractivity contribution in [1.29, 1.82) is 0 Å². The van der Waals surface area contributed by atoms with Gasteiger partial charge in [0.2, 0.25) is 11.8 Å². The highest BCUT2D eigenvalue weighted by atomic mass is 19.4. The number of nitrogens with one attached hydrogen (secondary N) is 1. The van der Waals surface area contributed by atoms with E-state index >= 15 is 0 Å². The van der Waals surface area contributed by atoms with Gasteiger partial charge in [0.25, 0.3) is 0 Å². The maximum atomic E-state index is 13.1. The van der Waals surface area contributed by atoms with Gasteiger partial charge < -0.3 is 10.2 Å². The largest absolute Gasteiger partial charge is 0.418 e. The van der Waals surface area contributed by atoms with Crippen LogP contribution in [0, 0.1) is 11.3 Å². The predicted octanol–water partition coefficient (Wildman–Crippen LogP) is 3.68. The Bertz CT molecular complexity index is 675. The third-order valence-corrected chi connectivity index (χ3v) is 5.15. The maximum Gasteiger partial charge on any atom is 0.418 e. The molecule has 1 saturated heterocycles. The highest BCUT2D eigenvalue weighted by molar-refractivity contribution is 6.13. The summed E-state index contributed by atoms with van der Waals surface area (Å²) in [4.78, 5) is 27.0. The fourth-order valence-corrected chi connectivity index (χ4v) is 3.26. The van der Waals surface area contributed by atoms with E-state index in [0.29, 0.717) is 31.8 Å². The lowest BCUT2D eigenvalue weighted by Gasteiger charge is -2.32. The number of carbonyl (C=O) groups excluding carboxylic acids is 2. The smallest absolute Gasteiger partial charge is 0.342 e. The SMILES string of the molecule is CC1CCN(C(=O)C2(C(=O)Nc3ccccc3C(F)(F)F)CC2)CC1. The molecular formula is C18H21F3N2O2. The summed E-state index contributed by atoms with van der Waals surface area (Å²) in [6.45, 7) is 3.33. The first-order valence-corrected chi connectivity index (χ1v) is 8.51. The molecule has 1 aromatic carbocycles. The summed E-state index contributed by atoms with van der Waals surface area (Å²) >= 11 is 0. The lowest BCUT2D eigenvalue weighted by molar-refractivity contribution is -0.143. The monoisotopic (exact) mass is 354 g/mol. The number of anilines is 1. The number of para-hydroxylation sites is 1. The fraction of sp³-hybridized carbons (Fsp3) is 0.556. The van der Waals surface area contributed by atoms with Crippen LogP contribution in [0.1, 0.15) is 38.2 Å². The average molecular weight is 354 g/mol. The minimum absolute atomic E-state index is 0.249. The van der Waals surface area contributed by atoms with E-state index in [9.17, 15) is 22.8 Å². The van der Waals surface area contributed by atoms with Crippen LogP contribution in [-0.4, -0.2) is 29.8 Å². The Balaban J connectivity index is 1.74. The molecule has 4 nitrogen and oxygen atoms in total. The Morgan fingerprint density at radius 2 is 1.76 bits per heavy atom. The van der Waals surface area contributed by atoms with E-state index in [0.717, 1.165) is 18.9 Å². The molecule has 2 aliphatic rings. The first kappa shape index (κ1) is 17.8. The van der Waals surface area contributed by atoms with Crippen molar-refractivity contribution < 1.29 is 22.8 Å². The van der Waals surface area contributed by atoms with E-state index in [1.807, 2.05) is 0 Å². The quantitative estimate of drug-likeness (QED) is 0.842. The standard InChI is InChI=1S/C18H21F3N2O2/c1-12-6-10-23(11-7-12)16(25)17(8-9-17)15(24)22-14-5-3-2-4-13(14)18(19,20)21/h2-5,12H,6-11H2,1H3,(H,22,24). The van der Waals surface area contributed by atoms with Crippen molar-refractivity contribution in [3.63, 3.8) is 0 Å². The second-order valence-corrected chi connectivity index (χ2v) is 7.05. The van der Waals surface area contributed by atoms with E-state index < -0.39 is 23.1 Å². The van der Waals surface area contributed by atoms with Crippen molar-refractivity contribution in [1.82, 2.24) is 4.90 Å². The van der Waals surface area contributed by atoms with Crippen LogP contribution >= 0.6 is 0 Å². The van der Waals surface area contributed by atoms with Crippen molar-refractivity contribution in [3.8, 4) is 0 Å². The number of amides is 2. The van der Waals surface area contributed by atoms with Gasteiger partial charge in [-0.25, -0.2) is 0 Å². The van der Waals surface area contributed by atoms with Crippen LogP contribution in [0.15, 0.2) is 24.3 Å².